The van der Waals surface area contributed by atoms with Gasteiger partial charge in [0.1, 0.15) is 22.9 Å². The van der Waals surface area contributed by atoms with E-state index < -0.39 is 0 Å². The smallest absolute Gasteiger partial charge is 0.137 e. The molecule has 0 fully saturated rings. The van der Waals surface area contributed by atoms with Crippen LogP contribution in [0.5, 0.6) is 11.5 Å². The Morgan fingerprint density at radius 2 is 1.00 bits per heavy atom. The van der Waals surface area contributed by atoms with Crippen LogP contribution in [-0.4, -0.2) is 27.3 Å². The number of quaternary nitrogens is 1. The van der Waals surface area contributed by atoms with Gasteiger partial charge in [0.05, 0.1) is 27.3 Å². The van der Waals surface area contributed by atoms with Gasteiger partial charge >= 0.3 is 0 Å². The molecule has 0 saturated carbocycles. The molecule has 0 N–H and O–H groups in total. The standard InChI is InChI=1S/C18H24NO2/c1-5-20-17-11-7-15(8-12-17)19(3,4)16-9-13-18(14-10-16)21-6-2/h7-14H,5-6H2,1-4H3/q+1. The Morgan fingerprint density at radius 1 is 0.667 bits per heavy atom. The molecule has 0 aliphatic carbocycles. The molecule has 3 nitrogen and oxygen atoms in total. The normalized spacial score (nSPS) is 11.2. The first-order valence-electron chi connectivity index (χ1n) is 7.38. The van der Waals surface area contributed by atoms with E-state index in [1.165, 1.54) is 11.4 Å². The molecule has 21 heavy (non-hydrogen) atoms. The minimum atomic E-state index is 0.679. The van der Waals surface area contributed by atoms with E-state index in [4.69, 9.17) is 9.47 Å². The molecule has 0 spiro atoms. The van der Waals surface area contributed by atoms with Crippen LogP contribution >= 0.6 is 0 Å². The topological polar surface area (TPSA) is 18.5 Å². The number of hydrogen-bond acceptors (Lipinski definition) is 2. The van der Waals surface area contributed by atoms with E-state index in [0.29, 0.717) is 17.7 Å². The van der Waals surface area contributed by atoms with Gasteiger partial charge in [0.15, 0.2) is 0 Å². The van der Waals surface area contributed by atoms with Crippen molar-refractivity contribution in [1.82, 2.24) is 4.48 Å². The third-order valence-electron chi connectivity index (χ3n) is 3.59. The Bertz CT molecular complexity index is 507. The van der Waals surface area contributed by atoms with Crippen LogP contribution < -0.4 is 14.0 Å². The van der Waals surface area contributed by atoms with Crippen LogP contribution in [0.1, 0.15) is 13.8 Å². The first kappa shape index (κ1) is 15.4. The predicted molar refractivity (Wildman–Crippen MR) is 88.5 cm³/mol. The summed E-state index contributed by atoms with van der Waals surface area (Å²) in [5.41, 5.74) is 2.42. The SMILES string of the molecule is CCOc1ccc([N+](C)(C)c2ccc(OCC)cc2)cc1. The van der Waals surface area contributed by atoms with Crippen LogP contribution in [0, 0.1) is 0 Å². The Balaban J connectivity index is 2.23. The fraction of sp³-hybridized carbons (Fsp3) is 0.333. The number of nitrogens with zero attached hydrogens (tertiary/aromatic N) is 1. The molecule has 2 aromatic rings. The molecular formula is C18H24NO2+. The summed E-state index contributed by atoms with van der Waals surface area (Å²) in [6.07, 6.45) is 0. The Hall–Kier alpha value is -2.00. The van der Waals surface area contributed by atoms with E-state index >= 15 is 0 Å². The number of ether oxygens (including phenoxy) is 2. The first-order valence-corrected chi connectivity index (χ1v) is 7.38. The molecule has 2 rings (SSSR count). The van der Waals surface area contributed by atoms with Gasteiger partial charge in [-0.2, -0.15) is 0 Å². The van der Waals surface area contributed by atoms with E-state index in [1.54, 1.807) is 0 Å². The fourth-order valence-electron chi connectivity index (χ4n) is 2.31. The lowest BCUT2D eigenvalue weighted by Gasteiger charge is -2.29. The molecule has 0 bridgehead atoms. The van der Waals surface area contributed by atoms with Crippen LogP contribution in [0.15, 0.2) is 48.5 Å². The molecule has 0 aromatic heterocycles. The zero-order valence-electron chi connectivity index (χ0n) is 13.3. The Kier molecular flexibility index (Phi) is 4.86. The van der Waals surface area contributed by atoms with Gasteiger partial charge in [0.25, 0.3) is 0 Å². The number of benzene rings is 2. The summed E-state index contributed by atoms with van der Waals surface area (Å²) in [6, 6.07) is 16.5. The van der Waals surface area contributed by atoms with Crippen molar-refractivity contribution in [3.63, 3.8) is 0 Å². The molecule has 0 unspecified atom stereocenters. The van der Waals surface area contributed by atoms with Crippen molar-refractivity contribution in [3.8, 4) is 11.5 Å². The minimum Gasteiger partial charge on any atom is -0.494 e. The minimum absolute atomic E-state index is 0.679. The molecule has 3 heteroatoms. The highest BCUT2D eigenvalue weighted by Crippen LogP contribution is 2.32. The number of hydrogen-bond donors (Lipinski definition) is 0. The predicted octanol–water partition coefficient (Wildman–Crippen LogP) is 4.38. The van der Waals surface area contributed by atoms with Crippen LogP contribution in [0.25, 0.3) is 0 Å². The molecule has 0 amide bonds. The maximum atomic E-state index is 5.50. The molecule has 0 atom stereocenters. The summed E-state index contributed by atoms with van der Waals surface area (Å²) in [5.74, 6) is 1.82. The Morgan fingerprint density at radius 3 is 1.29 bits per heavy atom. The van der Waals surface area contributed by atoms with E-state index in [0.717, 1.165) is 11.5 Å². The third kappa shape index (κ3) is 3.56. The second-order valence-electron chi connectivity index (χ2n) is 5.31. The molecule has 0 aliphatic rings. The first-order chi connectivity index (χ1) is 10.1. The van der Waals surface area contributed by atoms with Crippen molar-refractivity contribution in [2.75, 3.05) is 27.3 Å². The fourth-order valence-corrected chi connectivity index (χ4v) is 2.31. The van der Waals surface area contributed by atoms with Crippen LogP contribution in [0.3, 0.4) is 0 Å². The lowest BCUT2D eigenvalue weighted by molar-refractivity contribution is 0.340. The van der Waals surface area contributed by atoms with Gasteiger partial charge in [-0.05, 0) is 38.1 Å². The molecule has 112 valence electrons. The van der Waals surface area contributed by atoms with Gasteiger partial charge in [-0.3, -0.25) is 4.48 Å². The Labute approximate surface area is 127 Å². The number of rotatable bonds is 6. The lowest BCUT2D eigenvalue weighted by Crippen LogP contribution is -2.34. The van der Waals surface area contributed by atoms with Crippen molar-refractivity contribution in [2.24, 2.45) is 0 Å². The lowest BCUT2D eigenvalue weighted by atomic mass is 10.2. The van der Waals surface area contributed by atoms with Crippen molar-refractivity contribution in [2.45, 2.75) is 13.8 Å². The second-order valence-corrected chi connectivity index (χ2v) is 5.31. The van der Waals surface area contributed by atoms with E-state index in [-0.39, 0.29) is 0 Å². The zero-order chi connectivity index (χ0) is 15.3. The van der Waals surface area contributed by atoms with Gasteiger partial charge in [-0.1, -0.05) is 0 Å². The molecular weight excluding hydrogens is 262 g/mol. The highest BCUT2D eigenvalue weighted by molar-refractivity contribution is 5.58. The highest BCUT2D eigenvalue weighted by atomic mass is 16.5. The van der Waals surface area contributed by atoms with Crippen molar-refractivity contribution >= 4 is 11.4 Å². The van der Waals surface area contributed by atoms with Crippen LogP contribution in [0.2, 0.25) is 0 Å². The van der Waals surface area contributed by atoms with E-state index in [9.17, 15) is 0 Å². The maximum absolute atomic E-state index is 5.50. The van der Waals surface area contributed by atoms with Gasteiger partial charge in [0, 0.05) is 24.3 Å². The summed E-state index contributed by atoms with van der Waals surface area (Å²) >= 11 is 0. The van der Waals surface area contributed by atoms with Crippen LogP contribution in [0.4, 0.5) is 11.4 Å². The van der Waals surface area contributed by atoms with E-state index in [2.05, 4.69) is 38.4 Å². The second kappa shape index (κ2) is 6.64. The summed E-state index contributed by atoms with van der Waals surface area (Å²) < 4.78 is 11.7. The summed E-state index contributed by atoms with van der Waals surface area (Å²) in [6.45, 7) is 5.37. The quantitative estimate of drug-likeness (QED) is 0.734. The summed E-state index contributed by atoms with van der Waals surface area (Å²) in [5, 5.41) is 0. The van der Waals surface area contributed by atoms with Gasteiger partial charge in [-0.15, -0.1) is 0 Å². The summed E-state index contributed by atoms with van der Waals surface area (Å²) in [7, 11) is 4.34. The molecule has 0 heterocycles. The van der Waals surface area contributed by atoms with Crippen molar-refractivity contribution < 1.29 is 9.47 Å². The molecule has 2 aromatic carbocycles. The monoisotopic (exact) mass is 286 g/mol. The van der Waals surface area contributed by atoms with Gasteiger partial charge in [0.2, 0.25) is 0 Å². The van der Waals surface area contributed by atoms with Gasteiger partial charge in [-0.25, -0.2) is 0 Å². The van der Waals surface area contributed by atoms with Crippen molar-refractivity contribution in [3.05, 3.63) is 48.5 Å². The average Bonchev–Trinajstić information content (AvgIpc) is 2.49. The van der Waals surface area contributed by atoms with Crippen molar-refractivity contribution in [1.29, 1.82) is 0 Å². The maximum Gasteiger partial charge on any atom is 0.137 e. The molecule has 0 saturated heterocycles. The zero-order valence-corrected chi connectivity index (χ0v) is 13.3. The average molecular weight is 286 g/mol. The van der Waals surface area contributed by atoms with E-state index in [1.807, 2.05) is 38.1 Å². The van der Waals surface area contributed by atoms with Gasteiger partial charge < -0.3 is 9.47 Å². The van der Waals surface area contributed by atoms with Crippen LogP contribution in [-0.2, 0) is 0 Å². The largest absolute Gasteiger partial charge is 0.494 e. The third-order valence-corrected chi connectivity index (χ3v) is 3.59. The molecule has 0 aliphatic heterocycles. The molecule has 0 radical (unpaired) electrons. The highest BCUT2D eigenvalue weighted by Gasteiger charge is 2.22. The summed E-state index contributed by atoms with van der Waals surface area (Å²) in [4.78, 5) is 0.